The van der Waals surface area contributed by atoms with Gasteiger partial charge in [0.15, 0.2) is 0 Å². The molecule has 0 aliphatic heterocycles. The minimum Gasteiger partial charge on any atom is -0.344 e. The lowest BCUT2D eigenvalue weighted by atomic mass is 10.3. The molecule has 3 N–H and O–H groups in total. The molecule has 15 heavy (non-hydrogen) atoms. The lowest BCUT2D eigenvalue weighted by molar-refractivity contribution is 0.748. The molecule has 0 atom stereocenters. The molecule has 0 aliphatic carbocycles. The highest BCUT2D eigenvalue weighted by molar-refractivity contribution is 5.54. The van der Waals surface area contributed by atoms with Crippen molar-refractivity contribution < 1.29 is 4.39 Å². The second-order valence-electron chi connectivity index (χ2n) is 2.17. The summed E-state index contributed by atoms with van der Waals surface area (Å²) < 4.78 is 12.8. The summed E-state index contributed by atoms with van der Waals surface area (Å²) in [4.78, 5) is 7.75. The molecule has 0 amide bonds. The summed E-state index contributed by atoms with van der Waals surface area (Å²) in [5.41, 5.74) is 0.894. The third-order valence-corrected chi connectivity index (χ3v) is 1.38. The minimum atomic E-state index is -0.363. The smallest absolute Gasteiger partial charge is 0.146 e. The Balaban J connectivity index is 0. The maximum Gasteiger partial charge on any atom is 0.146 e. The van der Waals surface area contributed by atoms with Crippen molar-refractivity contribution in [3.8, 4) is 0 Å². The van der Waals surface area contributed by atoms with Crippen LogP contribution in [0, 0.1) is 0 Å². The number of aromatic nitrogens is 2. The van der Waals surface area contributed by atoms with Crippen molar-refractivity contribution in [3.05, 3.63) is 36.4 Å². The van der Waals surface area contributed by atoms with Gasteiger partial charge in [-0.05, 0) is 19.1 Å². The van der Waals surface area contributed by atoms with E-state index in [0.29, 0.717) is 5.69 Å². The van der Waals surface area contributed by atoms with Gasteiger partial charge in [0.25, 0.3) is 0 Å². The molecular weight excluding hydrogens is 193 g/mol. The van der Waals surface area contributed by atoms with E-state index in [2.05, 4.69) is 16.5 Å². The molecule has 0 saturated carbocycles. The fourth-order valence-corrected chi connectivity index (χ4v) is 0.715. The largest absolute Gasteiger partial charge is 0.344 e. The van der Waals surface area contributed by atoms with E-state index in [4.69, 9.17) is 0 Å². The van der Waals surface area contributed by atoms with Crippen LogP contribution in [0.5, 0.6) is 0 Å². The van der Waals surface area contributed by atoms with Crippen molar-refractivity contribution in [2.45, 2.75) is 20.8 Å². The molecule has 1 aromatic rings. The summed E-state index contributed by atoms with van der Waals surface area (Å²) >= 11 is 0. The quantitative estimate of drug-likeness (QED) is 0.812. The highest BCUT2D eigenvalue weighted by Crippen LogP contribution is 2.11. The molecule has 3 nitrogen and oxygen atoms in total. The van der Waals surface area contributed by atoms with Crippen molar-refractivity contribution in [2.75, 3.05) is 0 Å². The summed E-state index contributed by atoms with van der Waals surface area (Å²) in [5.74, 6) is -0.363. The SMILES string of the molecule is C=Cc1cnc(/C(F)=C/C)cn1.CC.N. The van der Waals surface area contributed by atoms with E-state index in [0.717, 1.165) is 0 Å². The maximum absolute atomic E-state index is 12.8. The van der Waals surface area contributed by atoms with Crippen LogP contribution in [0.3, 0.4) is 0 Å². The summed E-state index contributed by atoms with van der Waals surface area (Å²) in [5, 5.41) is 0. The van der Waals surface area contributed by atoms with E-state index in [1.54, 1.807) is 13.0 Å². The Morgan fingerprint density at radius 2 is 1.93 bits per heavy atom. The van der Waals surface area contributed by atoms with Crippen molar-refractivity contribution in [3.63, 3.8) is 0 Å². The molecular formula is C11H18FN3. The fraction of sp³-hybridized carbons (Fsp3) is 0.273. The second kappa shape index (κ2) is 9.02. The van der Waals surface area contributed by atoms with Crippen molar-refractivity contribution in [2.24, 2.45) is 0 Å². The Bertz CT molecular complexity index is 304. The molecule has 0 aromatic carbocycles. The normalized spacial score (nSPS) is 9.47. The van der Waals surface area contributed by atoms with Crippen LogP contribution >= 0.6 is 0 Å². The third-order valence-electron chi connectivity index (χ3n) is 1.38. The maximum atomic E-state index is 12.8. The van der Waals surface area contributed by atoms with Gasteiger partial charge in [-0.2, -0.15) is 0 Å². The number of hydrogen-bond donors (Lipinski definition) is 1. The van der Waals surface area contributed by atoms with Gasteiger partial charge in [-0.3, -0.25) is 4.98 Å². The highest BCUT2D eigenvalue weighted by Gasteiger charge is 1.99. The molecule has 0 radical (unpaired) electrons. The van der Waals surface area contributed by atoms with Crippen LogP contribution in [-0.4, -0.2) is 9.97 Å². The summed E-state index contributed by atoms with van der Waals surface area (Å²) in [6, 6.07) is 0. The first kappa shape index (κ1) is 15.9. The van der Waals surface area contributed by atoms with Crippen LogP contribution in [0.15, 0.2) is 25.0 Å². The highest BCUT2D eigenvalue weighted by atomic mass is 19.1. The Morgan fingerprint density at radius 1 is 1.33 bits per heavy atom. The van der Waals surface area contributed by atoms with E-state index in [1.165, 1.54) is 18.5 Å². The standard InChI is InChI=1S/C9H9FN2.C2H6.H3N/c1-3-7-5-12-9(6-11-7)8(10)4-2;1-2;/h3-6H,1H2,2H3;1-2H3;1H3/b8-4-;;. The molecule has 1 heterocycles. The lowest BCUT2D eigenvalue weighted by Gasteiger charge is -1.95. The average Bonchev–Trinajstić information content (AvgIpc) is 2.31. The number of allylic oxidation sites excluding steroid dienone is 1. The van der Waals surface area contributed by atoms with Gasteiger partial charge < -0.3 is 6.15 Å². The predicted octanol–water partition coefficient (Wildman–Crippen LogP) is 3.64. The first-order chi connectivity index (χ1) is 6.77. The molecule has 0 bridgehead atoms. The zero-order valence-corrected chi connectivity index (χ0v) is 9.50. The third kappa shape index (κ3) is 5.02. The summed E-state index contributed by atoms with van der Waals surface area (Å²) in [6.07, 6.45) is 5.76. The fourth-order valence-electron chi connectivity index (χ4n) is 0.715. The first-order valence-corrected chi connectivity index (χ1v) is 4.54. The number of hydrogen-bond acceptors (Lipinski definition) is 3. The Kier molecular flexibility index (Phi) is 9.57. The van der Waals surface area contributed by atoms with E-state index in [1.807, 2.05) is 13.8 Å². The van der Waals surface area contributed by atoms with Crippen LogP contribution in [0.2, 0.25) is 0 Å². The van der Waals surface area contributed by atoms with Gasteiger partial charge >= 0.3 is 0 Å². The van der Waals surface area contributed by atoms with Crippen molar-refractivity contribution in [1.29, 1.82) is 0 Å². The molecule has 0 saturated heterocycles. The predicted molar refractivity (Wildman–Crippen MR) is 63.3 cm³/mol. The van der Waals surface area contributed by atoms with Crippen LogP contribution in [0.25, 0.3) is 11.9 Å². The van der Waals surface area contributed by atoms with E-state index in [9.17, 15) is 4.39 Å². The molecule has 0 aliphatic rings. The molecule has 1 aromatic heterocycles. The van der Waals surface area contributed by atoms with E-state index < -0.39 is 0 Å². The van der Waals surface area contributed by atoms with Gasteiger partial charge in [-0.25, -0.2) is 9.37 Å². The van der Waals surface area contributed by atoms with E-state index >= 15 is 0 Å². The van der Waals surface area contributed by atoms with Crippen LogP contribution in [0.4, 0.5) is 4.39 Å². The molecule has 0 spiro atoms. The number of halogens is 1. The molecule has 1 rings (SSSR count). The Hall–Kier alpha value is -1.55. The molecule has 84 valence electrons. The Labute approximate surface area is 90.4 Å². The van der Waals surface area contributed by atoms with Crippen LogP contribution < -0.4 is 6.15 Å². The topological polar surface area (TPSA) is 60.8 Å². The van der Waals surface area contributed by atoms with Gasteiger partial charge in [0, 0.05) is 0 Å². The Morgan fingerprint density at radius 3 is 2.27 bits per heavy atom. The summed E-state index contributed by atoms with van der Waals surface area (Å²) in [6.45, 7) is 9.12. The minimum absolute atomic E-state index is 0. The van der Waals surface area contributed by atoms with Crippen LogP contribution in [-0.2, 0) is 0 Å². The zero-order chi connectivity index (χ0) is 11.0. The molecule has 0 unspecified atom stereocenters. The monoisotopic (exact) mass is 211 g/mol. The zero-order valence-electron chi connectivity index (χ0n) is 9.50. The number of rotatable bonds is 2. The van der Waals surface area contributed by atoms with Gasteiger partial charge in [-0.1, -0.05) is 20.4 Å². The molecule has 0 fully saturated rings. The van der Waals surface area contributed by atoms with Gasteiger partial charge in [0.1, 0.15) is 11.5 Å². The lowest BCUT2D eigenvalue weighted by Crippen LogP contribution is -1.88. The van der Waals surface area contributed by atoms with Crippen molar-refractivity contribution >= 4 is 11.9 Å². The number of nitrogens with zero attached hydrogens (tertiary/aromatic N) is 2. The molecule has 4 heteroatoms. The van der Waals surface area contributed by atoms with Gasteiger partial charge in [0.05, 0.1) is 18.1 Å². The van der Waals surface area contributed by atoms with Gasteiger partial charge in [0.2, 0.25) is 0 Å². The van der Waals surface area contributed by atoms with Crippen LogP contribution in [0.1, 0.15) is 32.2 Å². The summed E-state index contributed by atoms with van der Waals surface area (Å²) in [7, 11) is 0. The average molecular weight is 211 g/mol. The second-order valence-corrected chi connectivity index (χ2v) is 2.17. The van der Waals surface area contributed by atoms with E-state index in [-0.39, 0.29) is 17.7 Å². The van der Waals surface area contributed by atoms with Crippen molar-refractivity contribution in [1.82, 2.24) is 16.1 Å². The first-order valence-electron chi connectivity index (χ1n) is 4.54. The van der Waals surface area contributed by atoms with Gasteiger partial charge in [-0.15, -0.1) is 0 Å².